The van der Waals surface area contributed by atoms with Crippen molar-refractivity contribution in [3.05, 3.63) is 0 Å². The van der Waals surface area contributed by atoms with Gasteiger partial charge < -0.3 is 0 Å². The number of rotatable bonds is 6. The minimum absolute atomic E-state index is 0.599. The van der Waals surface area contributed by atoms with Crippen molar-refractivity contribution >= 4 is 34.3 Å². The molecule has 1 nitrogen and oxygen atoms in total. The Morgan fingerprint density at radius 1 is 1.30 bits per heavy atom. The first kappa shape index (κ1) is 10.8. The maximum Gasteiger partial charge on any atom is 0.0322 e. The second-order valence-electron chi connectivity index (χ2n) is 1.88. The molecule has 10 heavy (non-hydrogen) atoms. The Labute approximate surface area is 74.2 Å². The Hall–Kier alpha value is 0.850. The van der Waals surface area contributed by atoms with Gasteiger partial charge in [0.25, 0.3) is 0 Å². The lowest BCUT2D eigenvalue weighted by atomic mass is 10.9. The number of thioether (sulfide) groups is 2. The van der Waals surface area contributed by atoms with E-state index in [2.05, 4.69) is 6.26 Å². The summed E-state index contributed by atoms with van der Waals surface area (Å²) < 4.78 is 10.6. The van der Waals surface area contributed by atoms with E-state index in [0.29, 0.717) is 0 Å². The third-order valence-electron chi connectivity index (χ3n) is 0.947. The van der Waals surface area contributed by atoms with E-state index in [0.717, 1.165) is 11.5 Å². The smallest absolute Gasteiger partial charge is 0.0322 e. The van der Waals surface area contributed by atoms with E-state index >= 15 is 0 Å². The Balaban J connectivity index is 2.84. The summed E-state index contributed by atoms with van der Waals surface area (Å²) in [6.45, 7) is 0. The van der Waals surface area contributed by atoms with E-state index in [-0.39, 0.29) is 0 Å². The largest absolute Gasteiger partial charge is 0.260 e. The minimum atomic E-state index is -0.599. The van der Waals surface area contributed by atoms with Gasteiger partial charge in [-0.2, -0.15) is 23.5 Å². The second kappa shape index (κ2) is 7.95. The average molecular weight is 198 g/mol. The fourth-order valence-corrected chi connectivity index (χ4v) is 3.17. The van der Waals surface area contributed by atoms with Crippen molar-refractivity contribution in [3.8, 4) is 0 Å². The van der Waals surface area contributed by atoms with E-state index in [1.807, 2.05) is 23.5 Å². The molecule has 0 aliphatic heterocycles. The molecule has 0 aliphatic rings. The molecule has 0 N–H and O–H groups in total. The highest BCUT2D eigenvalue weighted by Gasteiger charge is 1.91. The Kier molecular flexibility index (Phi) is 8.63. The van der Waals surface area contributed by atoms with Crippen LogP contribution in [0, 0.1) is 0 Å². The van der Waals surface area contributed by atoms with E-state index in [1.165, 1.54) is 11.5 Å². The summed E-state index contributed by atoms with van der Waals surface area (Å²) in [6.07, 6.45) is 3.87. The molecular formula is C6H14OS3. The van der Waals surface area contributed by atoms with Crippen molar-refractivity contribution in [3.63, 3.8) is 0 Å². The van der Waals surface area contributed by atoms with Gasteiger partial charge in [-0.1, -0.05) is 0 Å². The predicted molar refractivity (Wildman–Crippen MR) is 54.6 cm³/mol. The van der Waals surface area contributed by atoms with Crippen LogP contribution in [-0.2, 0) is 10.8 Å². The molecule has 0 bridgehead atoms. The molecule has 1 unspecified atom stereocenters. The topological polar surface area (TPSA) is 17.1 Å². The lowest BCUT2D eigenvalue weighted by Crippen LogP contribution is -1.97. The number of hydrogen-bond acceptors (Lipinski definition) is 3. The van der Waals surface area contributed by atoms with Crippen LogP contribution in [0.4, 0.5) is 0 Å². The monoisotopic (exact) mass is 198 g/mol. The van der Waals surface area contributed by atoms with Gasteiger partial charge in [0.2, 0.25) is 0 Å². The third kappa shape index (κ3) is 8.85. The Morgan fingerprint density at radius 2 is 2.00 bits per heavy atom. The first-order chi connectivity index (χ1) is 4.77. The fourth-order valence-electron chi connectivity index (χ4n) is 0.421. The molecule has 0 heterocycles. The second-order valence-corrected chi connectivity index (χ2v) is 5.65. The van der Waals surface area contributed by atoms with Crippen molar-refractivity contribution in [2.75, 3.05) is 35.5 Å². The van der Waals surface area contributed by atoms with Crippen molar-refractivity contribution in [1.29, 1.82) is 0 Å². The molecule has 0 spiro atoms. The van der Waals surface area contributed by atoms with Crippen LogP contribution in [0.5, 0.6) is 0 Å². The molecule has 0 fully saturated rings. The maximum absolute atomic E-state index is 10.6. The lowest BCUT2D eigenvalue weighted by molar-refractivity contribution is 0.687. The highest BCUT2D eigenvalue weighted by atomic mass is 32.2. The van der Waals surface area contributed by atoms with Gasteiger partial charge in [0, 0.05) is 40.1 Å². The maximum atomic E-state index is 10.6. The van der Waals surface area contributed by atoms with Gasteiger partial charge in [-0.15, -0.1) is 0 Å². The zero-order valence-electron chi connectivity index (χ0n) is 6.46. The molecular weight excluding hydrogens is 184 g/mol. The van der Waals surface area contributed by atoms with Crippen LogP contribution in [0.3, 0.4) is 0 Å². The van der Waals surface area contributed by atoms with E-state index < -0.39 is 10.8 Å². The number of hydrogen-bond donors (Lipinski definition) is 0. The molecule has 62 valence electrons. The normalized spacial score (nSPS) is 13.4. The van der Waals surface area contributed by atoms with Gasteiger partial charge in [0.1, 0.15) is 0 Å². The van der Waals surface area contributed by atoms with Gasteiger partial charge in [-0.25, -0.2) is 0 Å². The quantitative estimate of drug-likeness (QED) is 0.602. The molecule has 0 radical (unpaired) electrons. The van der Waals surface area contributed by atoms with E-state index in [9.17, 15) is 4.21 Å². The van der Waals surface area contributed by atoms with Gasteiger partial charge in [-0.05, 0) is 6.26 Å². The van der Waals surface area contributed by atoms with E-state index in [4.69, 9.17) is 0 Å². The van der Waals surface area contributed by atoms with Crippen LogP contribution in [0.15, 0.2) is 0 Å². The van der Waals surface area contributed by atoms with Crippen molar-refractivity contribution in [1.82, 2.24) is 0 Å². The summed E-state index contributed by atoms with van der Waals surface area (Å²) in [5.74, 6) is 4.29. The van der Waals surface area contributed by atoms with Gasteiger partial charge in [0.05, 0.1) is 0 Å². The third-order valence-corrected chi connectivity index (χ3v) is 3.84. The standard InChI is InChI=1S/C6H14OS3/c1-8-3-4-9-5-6-10(2)7/h3-6H2,1-2H3. The van der Waals surface area contributed by atoms with Crippen LogP contribution in [0.2, 0.25) is 0 Å². The zero-order valence-corrected chi connectivity index (χ0v) is 8.91. The van der Waals surface area contributed by atoms with Gasteiger partial charge >= 0.3 is 0 Å². The lowest BCUT2D eigenvalue weighted by Gasteiger charge is -1.96. The fraction of sp³-hybridized carbons (Fsp3) is 1.00. The summed E-state index contributed by atoms with van der Waals surface area (Å²) >= 11 is 3.76. The molecule has 0 amide bonds. The highest BCUT2D eigenvalue weighted by molar-refractivity contribution is 8.03. The highest BCUT2D eigenvalue weighted by Crippen LogP contribution is 2.03. The summed E-state index contributed by atoms with van der Waals surface area (Å²) in [7, 11) is -0.599. The average Bonchev–Trinajstić information content (AvgIpc) is 1.87. The van der Waals surface area contributed by atoms with Gasteiger partial charge in [0.15, 0.2) is 0 Å². The first-order valence-corrected chi connectivity index (χ1v) is 7.41. The predicted octanol–water partition coefficient (Wildman–Crippen LogP) is 1.46. The molecule has 0 aromatic heterocycles. The van der Waals surface area contributed by atoms with Crippen molar-refractivity contribution < 1.29 is 4.21 Å². The molecule has 0 rings (SSSR count). The Bertz CT molecular complexity index is 95.0. The van der Waals surface area contributed by atoms with Gasteiger partial charge in [-0.3, -0.25) is 4.21 Å². The zero-order chi connectivity index (χ0) is 7.82. The van der Waals surface area contributed by atoms with Crippen LogP contribution >= 0.6 is 23.5 Å². The van der Waals surface area contributed by atoms with Crippen LogP contribution < -0.4 is 0 Å². The first-order valence-electron chi connectivity index (χ1n) is 3.14. The summed E-state index contributed by atoms with van der Waals surface area (Å²) in [6, 6.07) is 0. The summed E-state index contributed by atoms with van der Waals surface area (Å²) in [4.78, 5) is 0. The summed E-state index contributed by atoms with van der Waals surface area (Å²) in [5.41, 5.74) is 0. The van der Waals surface area contributed by atoms with Crippen LogP contribution in [0.25, 0.3) is 0 Å². The Morgan fingerprint density at radius 3 is 2.50 bits per heavy atom. The molecule has 1 atom stereocenters. The van der Waals surface area contributed by atoms with Crippen LogP contribution in [-0.4, -0.2) is 39.7 Å². The molecule has 4 heteroatoms. The van der Waals surface area contributed by atoms with Crippen molar-refractivity contribution in [2.24, 2.45) is 0 Å². The SMILES string of the molecule is CSCCSCCS(C)=O. The molecule has 0 saturated heterocycles. The molecule has 0 saturated carbocycles. The molecule has 0 aromatic rings. The summed E-state index contributed by atoms with van der Waals surface area (Å²) in [5, 5.41) is 0. The molecule has 0 aliphatic carbocycles. The minimum Gasteiger partial charge on any atom is -0.260 e. The van der Waals surface area contributed by atoms with Crippen LogP contribution in [0.1, 0.15) is 0 Å². The molecule has 0 aromatic carbocycles. The van der Waals surface area contributed by atoms with E-state index in [1.54, 1.807) is 6.26 Å². The van der Waals surface area contributed by atoms with Crippen molar-refractivity contribution in [2.45, 2.75) is 0 Å².